The lowest BCUT2D eigenvalue weighted by Crippen LogP contribution is -2.45. The molecular weight excluding hydrogens is 406 g/mol. The molecule has 0 unspecified atom stereocenters. The first-order valence-electron chi connectivity index (χ1n) is 11.1. The summed E-state index contributed by atoms with van der Waals surface area (Å²) in [6.07, 6.45) is 4.83. The third-order valence-corrected chi connectivity index (χ3v) is 6.23. The van der Waals surface area contributed by atoms with Crippen molar-refractivity contribution in [2.45, 2.75) is 57.5 Å². The number of urea groups is 1. The molecule has 0 aromatic heterocycles. The third kappa shape index (κ3) is 4.47. The molecule has 7 heteroatoms. The van der Waals surface area contributed by atoms with E-state index >= 15 is 0 Å². The molecule has 7 nitrogen and oxygen atoms in total. The molecule has 2 aromatic rings. The molecule has 0 spiro atoms. The molecule has 1 saturated heterocycles. The number of hydrogen-bond donors (Lipinski definition) is 1. The number of ether oxygens (including phenoxy) is 1. The van der Waals surface area contributed by atoms with Gasteiger partial charge in [-0.25, -0.2) is 9.69 Å². The SMILES string of the molecule is COc1ccc(NC(=O)C[C@@H]2C(=O)N(c3cccc(C)c3)C(=O)N2C2CCCCC2)cc1. The summed E-state index contributed by atoms with van der Waals surface area (Å²) >= 11 is 0. The van der Waals surface area contributed by atoms with Gasteiger partial charge in [0.05, 0.1) is 19.2 Å². The van der Waals surface area contributed by atoms with Gasteiger partial charge in [-0.15, -0.1) is 0 Å². The summed E-state index contributed by atoms with van der Waals surface area (Å²) in [7, 11) is 1.58. The Hall–Kier alpha value is -3.35. The smallest absolute Gasteiger partial charge is 0.332 e. The Morgan fingerprint density at radius 1 is 1.06 bits per heavy atom. The van der Waals surface area contributed by atoms with Crippen LogP contribution in [0, 0.1) is 6.92 Å². The molecule has 0 radical (unpaired) electrons. The molecule has 4 rings (SSSR count). The van der Waals surface area contributed by atoms with E-state index in [4.69, 9.17) is 4.74 Å². The number of amides is 4. The molecule has 1 saturated carbocycles. The van der Waals surface area contributed by atoms with Crippen LogP contribution in [0.3, 0.4) is 0 Å². The van der Waals surface area contributed by atoms with E-state index in [-0.39, 0.29) is 30.3 Å². The summed E-state index contributed by atoms with van der Waals surface area (Å²) in [5.41, 5.74) is 2.14. The first-order valence-corrected chi connectivity index (χ1v) is 11.1. The first kappa shape index (κ1) is 21.9. The number of hydrogen-bond acceptors (Lipinski definition) is 4. The Morgan fingerprint density at radius 3 is 2.44 bits per heavy atom. The zero-order chi connectivity index (χ0) is 22.7. The van der Waals surface area contributed by atoms with E-state index in [0.29, 0.717) is 17.1 Å². The zero-order valence-electron chi connectivity index (χ0n) is 18.5. The summed E-state index contributed by atoms with van der Waals surface area (Å²) in [4.78, 5) is 42.6. The molecule has 1 N–H and O–H groups in total. The second kappa shape index (κ2) is 9.42. The molecule has 32 heavy (non-hydrogen) atoms. The molecule has 1 aliphatic carbocycles. The molecule has 2 aromatic carbocycles. The standard InChI is InChI=1S/C25H29N3O4/c1-17-7-6-10-20(15-17)28-24(30)22(27(25(28)31)19-8-4-3-5-9-19)16-23(29)26-18-11-13-21(32-2)14-12-18/h6-7,10-15,19,22H,3-5,8-9,16H2,1-2H3,(H,26,29)/t22-/m1/s1. The summed E-state index contributed by atoms with van der Waals surface area (Å²) in [5.74, 6) is 0.0566. The van der Waals surface area contributed by atoms with Gasteiger partial charge < -0.3 is 15.0 Å². The lowest BCUT2D eigenvalue weighted by atomic mass is 9.93. The van der Waals surface area contributed by atoms with E-state index in [1.54, 1.807) is 42.3 Å². The van der Waals surface area contributed by atoms with Crippen molar-refractivity contribution in [3.05, 3.63) is 54.1 Å². The largest absolute Gasteiger partial charge is 0.497 e. The van der Waals surface area contributed by atoms with Crippen molar-refractivity contribution in [1.82, 2.24) is 4.90 Å². The molecule has 1 heterocycles. The van der Waals surface area contributed by atoms with Crippen molar-refractivity contribution >= 4 is 29.2 Å². The van der Waals surface area contributed by atoms with E-state index in [2.05, 4.69) is 5.32 Å². The Morgan fingerprint density at radius 2 is 1.78 bits per heavy atom. The molecule has 1 atom stereocenters. The Labute approximate surface area is 188 Å². The fourth-order valence-corrected chi connectivity index (χ4v) is 4.63. The first-order chi connectivity index (χ1) is 15.5. The van der Waals surface area contributed by atoms with E-state index in [1.807, 2.05) is 25.1 Å². The van der Waals surface area contributed by atoms with Gasteiger partial charge in [0, 0.05) is 11.7 Å². The quantitative estimate of drug-likeness (QED) is 0.678. The van der Waals surface area contributed by atoms with E-state index in [0.717, 1.165) is 37.7 Å². The molecular formula is C25H29N3O4. The van der Waals surface area contributed by atoms with E-state index < -0.39 is 6.04 Å². The Kier molecular flexibility index (Phi) is 6.44. The lowest BCUT2D eigenvalue weighted by Gasteiger charge is -2.33. The van der Waals surface area contributed by atoms with Crippen molar-refractivity contribution < 1.29 is 19.1 Å². The van der Waals surface area contributed by atoms with Crippen LogP contribution >= 0.6 is 0 Å². The number of methoxy groups -OCH3 is 1. The fourth-order valence-electron chi connectivity index (χ4n) is 4.63. The maximum absolute atomic E-state index is 13.4. The van der Waals surface area contributed by atoms with Crippen LogP contribution in [0.15, 0.2) is 48.5 Å². The van der Waals surface area contributed by atoms with Crippen molar-refractivity contribution in [3.63, 3.8) is 0 Å². The normalized spacial score (nSPS) is 19.4. The van der Waals surface area contributed by atoms with Crippen LogP contribution in [-0.4, -0.2) is 41.9 Å². The summed E-state index contributed by atoms with van der Waals surface area (Å²) in [6.45, 7) is 1.92. The monoisotopic (exact) mass is 435 g/mol. The minimum absolute atomic E-state index is 0.0196. The number of nitrogens with one attached hydrogen (secondary N) is 1. The topological polar surface area (TPSA) is 79.0 Å². The van der Waals surface area contributed by atoms with Gasteiger partial charge in [-0.2, -0.15) is 0 Å². The summed E-state index contributed by atoms with van der Waals surface area (Å²) < 4.78 is 5.14. The number of benzene rings is 2. The van der Waals surface area contributed by atoms with Gasteiger partial charge in [0.25, 0.3) is 5.91 Å². The molecule has 2 aliphatic rings. The lowest BCUT2D eigenvalue weighted by molar-refractivity contribution is -0.125. The van der Waals surface area contributed by atoms with Gasteiger partial charge in [0.1, 0.15) is 11.8 Å². The molecule has 4 amide bonds. The van der Waals surface area contributed by atoms with Crippen molar-refractivity contribution in [3.8, 4) is 5.75 Å². The van der Waals surface area contributed by atoms with Crippen molar-refractivity contribution in [2.24, 2.45) is 0 Å². The number of anilines is 2. The third-order valence-electron chi connectivity index (χ3n) is 6.23. The second-order valence-corrected chi connectivity index (χ2v) is 8.49. The van der Waals surface area contributed by atoms with Gasteiger partial charge in [-0.05, 0) is 61.7 Å². The van der Waals surface area contributed by atoms with Crippen LogP contribution in [0.1, 0.15) is 44.1 Å². The number of nitrogens with zero attached hydrogens (tertiary/aromatic N) is 2. The minimum atomic E-state index is -0.802. The number of carbonyl (C=O) groups is 3. The average molecular weight is 436 g/mol. The molecule has 2 fully saturated rings. The molecule has 0 bridgehead atoms. The van der Waals surface area contributed by atoms with Crippen LogP contribution in [0.5, 0.6) is 5.75 Å². The van der Waals surface area contributed by atoms with E-state index in [1.165, 1.54) is 4.90 Å². The van der Waals surface area contributed by atoms with Crippen LogP contribution in [0.4, 0.5) is 16.2 Å². The summed E-state index contributed by atoms with van der Waals surface area (Å²) in [6, 6.07) is 13.2. The van der Waals surface area contributed by atoms with E-state index in [9.17, 15) is 14.4 Å². The highest BCUT2D eigenvalue weighted by Crippen LogP contribution is 2.33. The average Bonchev–Trinajstić information content (AvgIpc) is 3.04. The highest BCUT2D eigenvalue weighted by molar-refractivity contribution is 6.22. The van der Waals surface area contributed by atoms with Crippen LogP contribution < -0.4 is 15.0 Å². The zero-order valence-corrected chi connectivity index (χ0v) is 18.5. The predicted octanol–water partition coefficient (Wildman–Crippen LogP) is 4.50. The number of rotatable bonds is 6. The van der Waals surface area contributed by atoms with Crippen molar-refractivity contribution in [2.75, 3.05) is 17.3 Å². The minimum Gasteiger partial charge on any atom is -0.497 e. The number of carbonyl (C=O) groups excluding carboxylic acids is 3. The molecule has 168 valence electrons. The highest BCUT2D eigenvalue weighted by Gasteiger charge is 2.49. The second-order valence-electron chi connectivity index (χ2n) is 8.49. The fraction of sp³-hybridized carbons (Fsp3) is 0.400. The van der Waals surface area contributed by atoms with Crippen molar-refractivity contribution in [1.29, 1.82) is 0 Å². The Balaban J connectivity index is 1.57. The van der Waals surface area contributed by atoms with Crippen LogP contribution in [0.25, 0.3) is 0 Å². The van der Waals surface area contributed by atoms with Gasteiger partial charge >= 0.3 is 6.03 Å². The van der Waals surface area contributed by atoms with Gasteiger partial charge in [-0.1, -0.05) is 31.4 Å². The van der Waals surface area contributed by atoms with Gasteiger partial charge in [0.2, 0.25) is 5.91 Å². The predicted molar refractivity (Wildman–Crippen MR) is 123 cm³/mol. The number of aryl methyl sites for hydroxylation is 1. The van der Waals surface area contributed by atoms with Gasteiger partial charge in [0.15, 0.2) is 0 Å². The maximum atomic E-state index is 13.4. The Bertz CT molecular complexity index is 999. The molecule has 1 aliphatic heterocycles. The van der Waals surface area contributed by atoms with Crippen LogP contribution in [0.2, 0.25) is 0 Å². The van der Waals surface area contributed by atoms with Gasteiger partial charge in [-0.3, -0.25) is 9.59 Å². The number of imide groups is 1. The van der Waals surface area contributed by atoms with Crippen LogP contribution in [-0.2, 0) is 9.59 Å². The maximum Gasteiger partial charge on any atom is 0.332 e. The highest BCUT2D eigenvalue weighted by atomic mass is 16.5. The summed E-state index contributed by atoms with van der Waals surface area (Å²) in [5, 5.41) is 2.84.